The molecule has 0 saturated carbocycles. The highest BCUT2D eigenvalue weighted by atomic mass is 32.1. The summed E-state index contributed by atoms with van der Waals surface area (Å²) in [6, 6.07) is 11.4. The largest absolute Gasteiger partial charge is 0.292 e. The lowest BCUT2D eigenvalue weighted by atomic mass is 9.90. The molecule has 0 bridgehead atoms. The fourth-order valence-electron chi connectivity index (χ4n) is 1.75. The zero-order chi connectivity index (χ0) is 12.3. The quantitative estimate of drug-likeness (QED) is 0.771. The highest BCUT2D eigenvalue weighted by molar-refractivity contribution is 7.08. The van der Waals surface area contributed by atoms with E-state index in [1.54, 1.807) is 11.4 Å². The molecule has 2 aromatic rings. The molecular weight excluding hydrogens is 230 g/mol. The van der Waals surface area contributed by atoms with Gasteiger partial charge in [0.2, 0.25) is 0 Å². The molecule has 0 spiro atoms. The SMILES string of the molecule is Cc1ccccc1C(C#N)C(=O)c1ccsc1. The molecule has 1 unspecified atom stereocenters. The first kappa shape index (κ1) is 11.6. The second kappa shape index (κ2) is 4.94. The first-order valence-corrected chi connectivity index (χ1v) is 6.20. The smallest absolute Gasteiger partial charge is 0.185 e. The Kier molecular flexibility index (Phi) is 3.36. The van der Waals surface area contributed by atoms with Gasteiger partial charge >= 0.3 is 0 Å². The molecule has 3 heteroatoms. The van der Waals surface area contributed by atoms with Gasteiger partial charge in [0.05, 0.1) is 6.07 Å². The third kappa shape index (κ3) is 2.27. The molecule has 1 aromatic heterocycles. The van der Waals surface area contributed by atoms with Gasteiger partial charge in [-0.3, -0.25) is 4.79 Å². The van der Waals surface area contributed by atoms with Crippen LogP contribution in [0.1, 0.15) is 27.4 Å². The molecule has 0 amide bonds. The Morgan fingerprint density at radius 3 is 2.71 bits per heavy atom. The zero-order valence-corrected chi connectivity index (χ0v) is 10.2. The molecule has 0 aliphatic rings. The average Bonchev–Trinajstić information content (AvgIpc) is 2.86. The molecule has 0 aliphatic heterocycles. The summed E-state index contributed by atoms with van der Waals surface area (Å²) in [4.78, 5) is 12.2. The maximum atomic E-state index is 12.2. The molecule has 2 nitrogen and oxygen atoms in total. The van der Waals surface area contributed by atoms with E-state index in [1.807, 2.05) is 36.6 Å². The van der Waals surface area contributed by atoms with Gasteiger partial charge < -0.3 is 0 Å². The van der Waals surface area contributed by atoms with Crippen LogP contribution in [-0.4, -0.2) is 5.78 Å². The molecular formula is C14H11NOS. The molecule has 2 rings (SSSR count). The molecule has 0 aliphatic carbocycles. The summed E-state index contributed by atoms with van der Waals surface area (Å²) >= 11 is 1.46. The van der Waals surface area contributed by atoms with Crippen LogP contribution in [0.25, 0.3) is 0 Å². The van der Waals surface area contributed by atoms with E-state index < -0.39 is 5.92 Å². The third-order valence-corrected chi connectivity index (χ3v) is 3.38. The van der Waals surface area contributed by atoms with Crippen LogP contribution in [0.2, 0.25) is 0 Å². The van der Waals surface area contributed by atoms with Crippen LogP contribution in [0.15, 0.2) is 41.1 Å². The van der Waals surface area contributed by atoms with Gasteiger partial charge in [0, 0.05) is 10.9 Å². The first-order chi connectivity index (χ1) is 8.24. The van der Waals surface area contributed by atoms with Gasteiger partial charge in [-0.05, 0) is 29.5 Å². The highest BCUT2D eigenvalue weighted by Crippen LogP contribution is 2.24. The van der Waals surface area contributed by atoms with Gasteiger partial charge in [0.25, 0.3) is 0 Å². The number of carbonyl (C=O) groups is 1. The van der Waals surface area contributed by atoms with Gasteiger partial charge in [-0.25, -0.2) is 0 Å². The molecule has 0 radical (unpaired) electrons. The number of rotatable bonds is 3. The van der Waals surface area contributed by atoms with Crippen molar-refractivity contribution in [2.45, 2.75) is 12.8 Å². The van der Waals surface area contributed by atoms with Crippen LogP contribution in [0, 0.1) is 18.3 Å². The van der Waals surface area contributed by atoms with Crippen molar-refractivity contribution >= 4 is 17.1 Å². The second-order valence-electron chi connectivity index (χ2n) is 3.79. The summed E-state index contributed by atoms with van der Waals surface area (Å²) in [5, 5.41) is 12.8. The topological polar surface area (TPSA) is 40.9 Å². The van der Waals surface area contributed by atoms with Gasteiger partial charge in [-0.1, -0.05) is 24.3 Å². The molecule has 17 heavy (non-hydrogen) atoms. The summed E-state index contributed by atoms with van der Waals surface area (Å²) in [7, 11) is 0. The summed E-state index contributed by atoms with van der Waals surface area (Å²) < 4.78 is 0. The maximum Gasteiger partial charge on any atom is 0.185 e. The monoisotopic (exact) mass is 241 g/mol. The molecule has 0 saturated heterocycles. The number of hydrogen-bond donors (Lipinski definition) is 0. The van der Waals surface area contributed by atoms with E-state index in [-0.39, 0.29) is 5.78 Å². The molecule has 1 aromatic carbocycles. The van der Waals surface area contributed by atoms with Gasteiger partial charge in [0.1, 0.15) is 5.92 Å². The third-order valence-electron chi connectivity index (χ3n) is 2.70. The van der Waals surface area contributed by atoms with E-state index >= 15 is 0 Å². The van der Waals surface area contributed by atoms with Crippen LogP contribution in [0.3, 0.4) is 0 Å². The summed E-state index contributed by atoms with van der Waals surface area (Å²) in [5.41, 5.74) is 2.39. The van der Waals surface area contributed by atoms with Crippen molar-refractivity contribution in [3.05, 3.63) is 57.8 Å². The van der Waals surface area contributed by atoms with Gasteiger partial charge in [0.15, 0.2) is 5.78 Å². The van der Waals surface area contributed by atoms with Crippen molar-refractivity contribution in [1.29, 1.82) is 5.26 Å². The normalized spacial score (nSPS) is 11.8. The fraction of sp³-hybridized carbons (Fsp3) is 0.143. The molecule has 1 atom stereocenters. The van der Waals surface area contributed by atoms with E-state index in [4.69, 9.17) is 0 Å². The number of Topliss-reactive ketones (excluding diaryl/α,β-unsaturated/α-hetero) is 1. The lowest BCUT2D eigenvalue weighted by Gasteiger charge is -2.10. The lowest BCUT2D eigenvalue weighted by molar-refractivity contribution is 0.0979. The molecule has 0 N–H and O–H groups in total. The number of hydrogen-bond acceptors (Lipinski definition) is 3. The van der Waals surface area contributed by atoms with Crippen LogP contribution in [-0.2, 0) is 0 Å². The Morgan fingerprint density at radius 1 is 1.35 bits per heavy atom. The van der Waals surface area contributed by atoms with Crippen LogP contribution in [0.4, 0.5) is 0 Å². The zero-order valence-electron chi connectivity index (χ0n) is 9.38. The molecule has 1 heterocycles. The average molecular weight is 241 g/mol. The first-order valence-electron chi connectivity index (χ1n) is 5.25. The highest BCUT2D eigenvalue weighted by Gasteiger charge is 2.23. The van der Waals surface area contributed by atoms with Gasteiger partial charge in [-0.2, -0.15) is 16.6 Å². The second-order valence-corrected chi connectivity index (χ2v) is 4.58. The lowest BCUT2D eigenvalue weighted by Crippen LogP contribution is -2.11. The summed E-state index contributed by atoms with van der Waals surface area (Å²) in [6.07, 6.45) is 0. The minimum Gasteiger partial charge on any atom is -0.292 e. The number of nitrogens with zero attached hydrogens (tertiary/aromatic N) is 1. The van der Waals surface area contributed by atoms with Crippen molar-refractivity contribution in [2.75, 3.05) is 0 Å². The Morgan fingerprint density at radius 2 is 2.12 bits per heavy atom. The van der Waals surface area contributed by atoms with E-state index in [1.165, 1.54) is 11.3 Å². The van der Waals surface area contributed by atoms with Crippen molar-refractivity contribution in [3.8, 4) is 6.07 Å². The number of nitriles is 1. The molecule has 84 valence electrons. The van der Waals surface area contributed by atoms with E-state index in [2.05, 4.69) is 6.07 Å². The van der Waals surface area contributed by atoms with E-state index in [0.717, 1.165) is 11.1 Å². The Labute approximate surface area is 104 Å². The van der Waals surface area contributed by atoms with E-state index in [0.29, 0.717) is 5.56 Å². The number of thiophene rings is 1. The van der Waals surface area contributed by atoms with Crippen molar-refractivity contribution in [1.82, 2.24) is 0 Å². The molecule has 0 fully saturated rings. The van der Waals surface area contributed by atoms with Crippen LogP contribution < -0.4 is 0 Å². The Hall–Kier alpha value is -1.92. The summed E-state index contributed by atoms with van der Waals surface area (Å²) in [6.45, 7) is 1.92. The fourth-order valence-corrected chi connectivity index (χ4v) is 2.40. The number of benzene rings is 1. The van der Waals surface area contributed by atoms with Crippen LogP contribution >= 0.6 is 11.3 Å². The predicted octanol–water partition coefficient (Wildman–Crippen LogP) is 3.55. The van der Waals surface area contributed by atoms with Gasteiger partial charge in [-0.15, -0.1) is 0 Å². The number of carbonyl (C=O) groups excluding carboxylic acids is 1. The maximum absolute atomic E-state index is 12.2. The van der Waals surface area contributed by atoms with Crippen molar-refractivity contribution in [2.24, 2.45) is 0 Å². The van der Waals surface area contributed by atoms with Crippen molar-refractivity contribution < 1.29 is 4.79 Å². The minimum absolute atomic E-state index is 0.122. The van der Waals surface area contributed by atoms with Crippen LogP contribution in [0.5, 0.6) is 0 Å². The number of aryl methyl sites for hydroxylation is 1. The minimum atomic E-state index is -0.703. The standard InChI is InChI=1S/C14H11NOS/c1-10-4-2-3-5-12(10)13(8-15)14(16)11-6-7-17-9-11/h2-7,9,13H,1H3. The Balaban J connectivity index is 2.39. The summed E-state index contributed by atoms with van der Waals surface area (Å²) in [5.74, 6) is -0.825. The van der Waals surface area contributed by atoms with E-state index in [9.17, 15) is 10.1 Å². The van der Waals surface area contributed by atoms with Crippen molar-refractivity contribution in [3.63, 3.8) is 0 Å². The predicted molar refractivity (Wildman–Crippen MR) is 68.2 cm³/mol. The number of ketones is 1. The Bertz CT molecular complexity index is 566.